The normalized spacial score (nSPS) is 12.9. The highest BCUT2D eigenvalue weighted by molar-refractivity contribution is 5.79. The van der Waals surface area contributed by atoms with Gasteiger partial charge in [0.2, 0.25) is 5.95 Å². The van der Waals surface area contributed by atoms with E-state index < -0.39 is 18.2 Å². The average Bonchev–Trinajstić information content (AvgIpc) is 3.38. The van der Waals surface area contributed by atoms with Gasteiger partial charge in [-0.15, -0.1) is 13.2 Å². The van der Waals surface area contributed by atoms with Crippen LogP contribution in [0.5, 0.6) is 11.5 Å². The van der Waals surface area contributed by atoms with Crippen LogP contribution in [0.25, 0.3) is 28.1 Å². The molecule has 0 N–H and O–H groups in total. The minimum Gasteiger partial charge on any atom is -0.490 e. The van der Waals surface area contributed by atoms with Crippen molar-refractivity contribution in [3.05, 3.63) is 66.1 Å². The maximum atomic E-state index is 14.5. The highest BCUT2D eigenvalue weighted by Crippen LogP contribution is 2.33. The third kappa shape index (κ3) is 4.18. The predicted octanol–water partition coefficient (Wildman–Crippen LogP) is 5.52. The number of imidazole rings is 2. The van der Waals surface area contributed by atoms with Gasteiger partial charge in [0.05, 0.1) is 29.9 Å². The molecule has 0 saturated carbocycles. The highest BCUT2D eigenvalue weighted by atomic mass is 19.4. The van der Waals surface area contributed by atoms with Crippen LogP contribution in [0, 0.1) is 12.7 Å². The van der Waals surface area contributed by atoms with Crippen molar-refractivity contribution in [3.8, 4) is 17.4 Å². The third-order valence-corrected chi connectivity index (χ3v) is 5.69. The SMILES string of the molecule is CCOc1c(F)cccc1[C@@H](C)n1c(C)nc2cnc(-n3cnc4ccc(OC(F)(F)F)cc43)nc21. The first-order chi connectivity index (χ1) is 17.2. The summed E-state index contributed by atoms with van der Waals surface area (Å²) in [5.41, 5.74) is 2.34. The number of halogens is 4. The lowest BCUT2D eigenvalue weighted by Gasteiger charge is -2.20. The number of benzene rings is 2. The van der Waals surface area contributed by atoms with Gasteiger partial charge in [-0.05, 0) is 39.0 Å². The van der Waals surface area contributed by atoms with Crippen molar-refractivity contribution in [1.29, 1.82) is 0 Å². The molecule has 5 aromatic rings. The summed E-state index contributed by atoms with van der Waals surface area (Å²) in [6.45, 7) is 5.74. The second-order valence-electron chi connectivity index (χ2n) is 7.99. The number of aromatic nitrogens is 6. The zero-order chi connectivity index (χ0) is 25.6. The zero-order valence-corrected chi connectivity index (χ0v) is 19.4. The molecule has 0 aliphatic carbocycles. The first-order valence-corrected chi connectivity index (χ1v) is 11.0. The summed E-state index contributed by atoms with van der Waals surface area (Å²) < 4.78 is 65.6. The second kappa shape index (κ2) is 8.77. The minimum atomic E-state index is -4.83. The maximum absolute atomic E-state index is 14.5. The van der Waals surface area contributed by atoms with Crippen LogP contribution in [-0.2, 0) is 0 Å². The number of alkyl halides is 3. The molecule has 0 radical (unpaired) electrons. The molecular weight excluding hydrogens is 480 g/mol. The molecule has 186 valence electrons. The minimum absolute atomic E-state index is 0.154. The van der Waals surface area contributed by atoms with E-state index in [1.807, 2.05) is 11.5 Å². The van der Waals surface area contributed by atoms with E-state index in [4.69, 9.17) is 4.74 Å². The molecule has 2 aromatic carbocycles. The van der Waals surface area contributed by atoms with Crippen LogP contribution < -0.4 is 9.47 Å². The molecule has 0 bridgehead atoms. The van der Waals surface area contributed by atoms with Crippen molar-refractivity contribution < 1.29 is 27.0 Å². The summed E-state index contributed by atoms with van der Waals surface area (Å²) in [5, 5.41) is 0. The lowest BCUT2D eigenvalue weighted by atomic mass is 10.1. The lowest BCUT2D eigenvalue weighted by Crippen LogP contribution is -2.17. The fourth-order valence-corrected chi connectivity index (χ4v) is 4.21. The first-order valence-electron chi connectivity index (χ1n) is 11.0. The van der Waals surface area contributed by atoms with Crippen molar-refractivity contribution in [1.82, 2.24) is 29.1 Å². The number of fused-ring (bicyclic) bond motifs is 2. The van der Waals surface area contributed by atoms with Gasteiger partial charge >= 0.3 is 6.36 Å². The molecule has 8 nitrogen and oxygen atoms in total. The van der Waals surface area contributed by atoms with Gasteiger partial charge < -0.3 is 14.0 Å². The zero-order valence-electron chi connectivity index (χ0n) is 19.4. The van der Waals surface area contributed by atoms with Crippen LogP contribution >= 0.6 is 0 Å². The van der Waals surface area contributed by atoms with Crippen molar-refractivity contribution in [2.45, 2.75) is 33.2 Å². The van der Waals surface area contributed by atoms with Crippen molar-refractivity contribution in [2.75, 3.05) is 6.61 Å². The Labute approximate surface area is 202 Å². The third-order valence-electron chi connectivity index (χ3n) is 5.69. The number of hydrogen-bond donors (Lipinski definition) is 0. The van der Waals surface area contributed by atoms with Gasteiger partial charge in [-0.1, -0.05) is 12.1 Å². The Kier molecular flexibility index (Phi) is 5.73. The number of rotatable bonds is 6. The van der Waals surface area contributed by atoms with Crippen molar-refractivity contribution in [2.24, 2.45) is 0 Å². The molecule has 3 heterocycles. The largest absolute Gasteiger partial charge is 0.573 e. The lowest BCUT2D eigenvalue weighted by molar-refractivity contribution is -0.274. The summed E-state index contributed by atoms with van der Waals surface area (Å²) in [6, 6.07) is 8.14. The molecule has 0 unspecified atom stereocenters. The maximum Gasteiger partial charge on any atom is 0.573 e. The van der Waals surface area contributed by atoms with E-state index in [-0.39, 0.29) is 17.4 Å². The number of ether oxygens (including phenoxy) is 2. The standard InChI is InChI=1S/C24H20F4N6O2/c1-4-35-21-16(6-5-7-17(21)25)13(2)34-14(3)31-19-11-29-23(32-22(19)34)33-12-30-18-9-8-15(10-20(18)33)36-24(26,27)28/h5-13H,4H2,1-3H3/t13-/m1/s1. The van der Waals surface area contributed by atoms with Gasteiger partial charge in [0, 0.05) is 11.6 Å². The van der Waals surface area contributed by atoms with Gasteiger partial charge in [0.25, 0.3) is 0 Å². The molecule has 1 atom stereocenters. The molecule has 0 saturated heterocycles. The Bertz CT molecular complexity index is 1580. The Morgan fingerprint density at radius 1 is 1.06 bits per heavy atom. The van der Waals surface area contributed by atoms with Crippen molar-refractivity contribution >= 4 is 22.2 Å². The molecule has 12 heteroatoms. The van der Waals surface area contributed by atoms with E-state index in [2.05, 4.69) is 24.7 Å². The van der Waals surface area contributed by atoms with Gasteiger partial charge in [-0.3, -0.25) is 4.57 Å². The van der Waals surface area contributed by atoms with E-state index in [1.165, 1.54) is 41.4 Å². The second-order valence-corrected chi connectivity index (χ2v) is 7.99. The Balaban J connectivity index is 1.62. The van der Waals surface area contributed by atoms with Crippen molar-refractivity contribution in [3.63, 3.8) is 0 Å². The summed E-state index contributed by atoms with van der Waals surface area (Å²) in [7, 11) is 0. The molecular formula is C24H20F4N6O2. The van der Waals surface area contributed by atoms with Crippen LogP contribution in [-0.4, -0.2) is 42.0 Å². The predicted molar refractivity (Wildman–Crippen MR) is 123 cm³/mol. The smallest absolute Gasteiger partial charge is 0.490 e. The van der Waals surface area contributed by atoms with Crippen LogP contribution in [0.4, 0.5) is 17.6 Å². The molecule has 5 rings (SSSR count). The van der Waals surface area contributed by atoms with Crippen LogP contribution in [0.3, 0.4) is 0 Å². The first kappa shape index (κ1) is 23.5. The summed E-state index contributed by atoms with van der Waals surface area (Å²) in [6.07, 6.45) is -1.89. The van der Waals surface area contributed by atoms with Crippen LogP contribution in [0.2, 0.25) is 0 Å². The quantitative estimate of drug-likeness (QED) is 0.286. The Morgan fingerprint density at radius 3 is 2.61 bits per heavy atom. The number of nitrogens with zero attached hydrogens (tertiary/aromatic N) is 6. The summed E-state index contributed by atoms with van der Waals surface area (Å²) in [5.74, 6) is 0.0851. The van der Waals surface area contributed by atoms with Crippen LogP contribution in [0.1, 0.15) is 31.3 Å². The molecule has 0 spiro atoms. The van der Waals surface area contributed by atoms with E-state index >= 15 is 0 Å². The fraction of sp³-hybridized carbons (Fsp3) is 0.250. The Hall–Kier alpha value is -4.22. The highest BCUT2D eigenvalue weighted by Gasteiger charge is 2.31. The van der Waals surface area contributed by atoms with Gasteiger partial charge in [0.1, 0.15) is 23.4 Å². The molecule has 0 fully saturated rings. The molecule has 0 aliphatic heterocycles. The van der Waals surface area contributed by atoms with E-state index in [1.54, 1.807) is 26.0 Å². The van der Waals surface area contributed by atoms with Gasteiger partial charge in [-0.25, -0.2) is 19.3 Å². The monoisotopic (exact) mass is 500 g/mol. The average molecular weight is 500 g/mol. The fourth-order valence-electron chi connectivity index (χ4n) is 4.21. The van der Waals surface area contributed by atoms with E-state index in [0.717, 1.165) is 0 Å². The number of para-hydroxylation sites is 1. The number of hydrogen-bond acceptors (Lipinski definition) is 6. The number of aryl methyl sites for hydroxylation is 1. The molecule has 36 heavy (non-hydrogen) atoms. The van der Waals surface area contributed by atoms with Gasteiger partial charge in [0.15, 0.2) is 17.2 Å². The Morgan fingerprint density at radius 2 is 1.86 bits per heavy atom. The van der Waals surface area contributed by atoms with E-state index in [0.29, 0.717) is 40.2 Å². The molecule has 3 aromatic heterocycles. The molecule has 0 amide bonds. The van der Waals surface area contributed by atoms with Crippen LogP contribution in [0.15, 0.2) is 48.9 Å². The summed E-state index contributed by atoms with van der Waals surface area (Å²) in [4.78, 5) is 17.8. The summed E-state index contributed by atoms with van der Waals surface area (Å²) >= 11 is 0. The van der Waals surface area contributed by atoms with Gasteiger partial charge in [-0.2, -0.15) is 4.98 Å². The topological polar surface area (TPSA) is 79.9 Å². The van der Waals surface area contributed by atoms with E-state index in [9.17, 15) is 17.6 Å². The molecule has 0 aliphatic rings.